The van der Waals surface area contributed by atoms with E-state index in [0.717, 1.165) is 24.2 Å². The van der Waals surface area contributed by atoms with Crippen LogP contribution in [0.25, 0.3) is 0 Å². The van der Waals surface area contributed by atoms with Gasteiger partial charge in [0.1, 0.15) is 5.82 Å². The van der Waals surface area contributed by atoms with E-state index < -0.39 is 0 Å². The molecule has 0 radical (unpaired) electrons. The Balaban J connectivity index is 2.06. The highest BCUT2D eigenvalue weighted by Gasteiger charge is 2.24. The lowest BCUT2D eigenvalue weighted by Crippen LogP contribution is -2.31. The third-order valence-corrected chi connectivity index (χ3v) is 3.88. The molecule has 3 rings (SSSR count). The van der Waals surface area contributed by atoms with Crippen molar-refractivity contribution in [3.05, 3.63) is 59.4 Å². The lowest BCUT2D eigenvalue weighted by atomic mass is 9.93. The van der Waals surface area contributed by atoms with Crippen LogP contribution in [0, 0.1) is 11.7 Å². The standard InChI is InChI=1S/C17H19FN2/c1-12-8-14-4-2-3-5-16(14)20(11-12)17-7-6-13(10-19)9-15(17)18/h2-7,9,12H,8,10-11,19H2,1H3. The summed E-state index contributed by atoms with van der Waals surface area (Å²) in [6.45, 7) is 3.41. The van der Waals surface area contributed by atoms with E-state index in [4.69, 9.17) is 5.73 Å². The van der Waals surface area contributed by atoms with Gasteiger partial charge in [0.2, 0.25) is 0 Å². The molecule has 1 heterocycles. The lowest BCUT2D eigenvalue weighted by molar-refractivity contribution is 0.551. The molecule has 3 heteroatoms. The van der Waals surface area contributed by atoms with Crippen molar-refractivity contribution < 1.29 is 4.39 Å². The van der Waals surface area contributed by atoms with E-state index >= 15 is 0 Å². The van der Waals surface area contributed by atoms with Crippen molar-refractivity contribution in [3.63, 3.8) is 0 Å². The highest BCUT2D eigenvalue weighted by Crippen LogP contribution is 2.36. The predicted molar refractivity (Wildman–Crippen MR) is 80.6 cm³/mol. The van der Waals surface area contributed by atoms with Crippen molar-refractivity contribution in [2.75, 3.05) is 11.4 Å². The summed E-state index contributed by atoms with van der Waals surface area (Å²) >= 11 is 0. The van der Waals surface area contributed by atoms with E-state index in [1.807, 2.05) is 24.3 Å². The highest BCUT2D eigenvalue weighted by atomic mass is 19.1. The molecule has 0 saturated heterocycles. The second kappa shape index (κ2) is 5.25. The van der Waals surface area contributed by atoms with Gasteiger partial charge in [0, 0.05) is 18.8 Å². The van der Waals surface area contributed by atoms with Gasteiger partial charge in [-0.05, 0) is 41.7 Å². The van der Waals surface area contributed by atoms with Crippen molar-refractivity contribution in [1.82, 2.24) is 0 Å². The van der Waals surface area contributed by atoms with E-state index in [1.54, 1.807) is 0 Å². The zero-order valence-corrected chi connectivity index (χ0v) is 11.6. The molecule has 0 fully saturated rings. The first kappa shape index (κ1) is 13.1. The Bertz CT molecular complexity index is 624. The van der Waals surface area contributed by atoms with Gasteiger partial charge in [-0.1, -0.05) is 31.2 Å². The molecule has 1 atom stereocenters. The smallest absolute Gasteiger partial charge is 0.147 e. The number of hydrogen-bond acceptors (Lipinski definition) is 2. The minimum absolute atomic E-state index is 0.197. The summed E-state index contributed by atoms with van der Waals surface area (Å²) < 4.78 is 14.3. The normalized spacial score (nSPS) is 17.9. The largest absolute Gasteiger partial charge is 0.339 e. The molecule has 0 amide bonds. The molecule has 1 unspecified atom stereocenters. The quantitative estimate of drug-likeness (QED) is 0.903. The van der Waals surface area contributed by atoms with Crippen LogP contribution < -0.4 is 10.6 Å². The van der Waals surface area contributed by atoms with Crippen LogP contribution in [-0.2, 0) is 13.0 Å². The summed E-state index contributed by atoms with van der Waals surface area (Å²) in [7, 11) is 0. The van der Waals surface area contributed by atoms with Crippen LogP contribution in [0.15, 0.2) is 42.5 Å². The number of rotatable bonds is 2. The molecule has 0 bridgehead atoms. The summed E-state index contributed by atoms with van der Waals surface area (Å²) in [5.41, 5.74) is 9.43. The van der Waals surface area contributed by atoms with Crippen LogP contribution in [0.2, 0.25) is 0 Å². The van der Waals surface area contributed by atoms with Gasteiger partial charge in [-0.15, -0.1) is 0 Å². The maximum atomic E-state index is 14.3. The molecule has 1 aliphatic rings. The Morgan fingerprint density at radius 1 is 1.20 bits per heavy atom. The van der Waals surface area contributed by atoms with Crippen LogP contribution in [-0.4, -0.2) is 6.54 Å². The average Bonchev–Trinajstić information content (AvgIpc) is 2.46. The fraction of sp³-hybridized carbons (Fsp3) is 0.294. The van der Waals surface area contributed by atoms with Crippen molar-refractivity contribution in [2.45, 2.75) is 19.9 Å². The third-order valence-electron chi connectivity index (χ3n) is 3.88. The van der Waals surface area contributed by atoms with E-state index in [1.165, 1.54) is 11.6 Å². The Hall–Kier alpha value is -1.87. The molecule has 1 aliphatic heterocycles. The molecule has 20 heavy (non-hydrogen) atoms. The molecule has 0 spiro atoms. The van der Waals surface area contributed by atoms with Crippen molar-refractivity contribution in [1.29, 1.82) is 0 Å². The SMILES string of the molecule is CC1Cc2ccccc2N(c2ccc(CN)cc2F)C1. The fourth-order valence-corrected chi connectivity index (χ4v) is 2.92. The first-order valence-electron chi connectivity index (χ1n) is 7.03. The van der Waals surface area contributed by atoms with E-state index in [0.29, 0.717) is 18.2 Å². The molecule has 2 nitrogen and oxygen atoms in total. The minimum Gasteiger partial charge on any atom is -0.339 e. The van der Waals surface area contributed by atoms with Gasteiger partial charge >= 0.3 is 0 Å². The Kier molecular flexibility index (Phi) is 3.45. The maximum absolute atomic E-state index is 14.3. The number of anilines is 2. The van der Waals surface area contributed by atoms with Gasteiger partial charge in [-0.25, -0.2) is 4.39 Å². The summed E-state index contributed by atoms with van der Waals surface area (Å²) in [6.07, 6.45) is 1.05. The second-order valence-electron chi connectivity index (χ2n) is 5.54. The summed E-state index contributed by atoms with van der Waals surface area (Å²) in [4.78, 5) is 2.08. The van der Waals surface area contributed by atoms with Crippen molar-refractivity contribution >= 4 is 11.4 Å². The molecule has 0 aromatic heterocycles. The predicted octanol–water partition coefficient (Wildman–Crippen LogP) is 3.61. The third kappa shape index (κ3) is 2.29. The number of benzene rings is 2. The fourth-order valence-electron chi connectivity index (χ4n) is 2.92. The average molecular weight is 270 g/mol. The molecule has 0 saturated carbocycles. The van der Waals surface area contributed by atoms with Gasteiger partial charge in [0.25, 0.3) is 0 Å². The monoisotopic (exact) mass is 270 g/mol. The lowest BCUT2D eigenvalue weighted by Gasteiger charge is -2.35. The van der Waals surface area contributed by atoms with Crippen LogP contribution in [0.3, 0.4) is 0 Å². The molecular formula is C17H19FN2. The number of nitrogens with zero attached hydrogens (tertiary/aromatic N) is 1. The molecule has 2 aromatic rings. The van der Waals surface area contributed by atoms with Crippen molar-refractivity contribution in [3.8, 4) is 0 Å². The molecule has 104 valence electrons. The number of halogens is 1. The van der Waals surface area contributed by atoms with Gasteiger partial charge in [0.15, 0.2) is 0 Å². The first-order chi connectivity index (χ1) is 9.69. The van der Waals surface area contributed by atoms with E-state index in [9.17, 15) is 4.39 Å². The Morgan fingerprint density at radius 2 is 2.00 bits per heavy atom. The minimum atomic E-state index is -0.197. The van der Waals surface area contributed by atoms with Gasteiger partial charge in [-0.2, -0.15) is 0 Å². The van der Waals surface area contributed by atoms with E-state index in [2.05, 4.69) is 24.0 Å². The van der Waals surface area contributed by atoms with Crippen LogP contribution in [0.4, 0.5) is 15.8 Å². The summed E-state index contributed by atoms with van der Waals surface area (Å²) in [6, 6.07) is 13.5. The van der Waals surface area contributed by atoms with Crippen LogP contribution in [0.1, 0.15) is 18.1 Å². The number of nitrogens with two attached hydrogens (primary N) is 1. The van der Waals surface area contributed by atoms with Crippen molar-refractivity contribution in [2.24, 2.45) is 11.7 Å². The van der Waals surface area contributed by atoms with Crippen LogP contribution in [0.5, 0.6) is 0 Å². The van der Waals surface area contributed by atoms with Gasteiger partial charge < -0.3 is 10.6 Å². The number of hydrogen-bond donors (Lipinski definition) is 1. The zero-order chi connectivity index (χ0) is 14.1. The molecular weight excluding hydrogens is 251 g/mol. The number of para-hydroxylation sites is 1. The topological polar surface area (TPSA) is 29.3 Å². The molecule has 0 aliphatic carbocycles. The zero-order valence-electron chi connectivity index (χ0n) is 11.6. The maximum Gasteiger partial charge on any atom is 0.147 e. The van der Waals surface area contributed by atoms with Gasteiger partial charge in [0.05, 0.1) is 5.69 Å². The second-order valence-corrected chi connectivity index (χ2v) is 5.54. The Morgan fingerprint density at radius 3 is 2.75 bits per heavy atom. The van der Waals surface area contributed by atoms with Gasteiger partial charge in [-0.3, -0.25) is 0 Å². The molecule has 2 N–H and O–H groups in total. The first-order valence-corrected chi connectivity index (χ1v) is 7.03. The summed E-state index contributed by atoms with van der Waals surface area (Å²) in [5, 5.41) is 0. The van der Waals surface area contributed by atoms with E-state index in [-0.39, 0.29) is 5.82 Å². The molecule has 2 aromatic carbocycles. The number of fused-ring (bicyclic) bond motifs is 1. The summed E-state index contributed by atoms with van der Waals surface area (Å²) in [5.74, 6) is 0.315. The Labute approximate surface area is 119 Å². The highest BCUT2D eigenvalue weighted by molar-refractivity contribution is 5.68. The van der Waals surface area contributed by atoms with Crippen LogP contribution >= 0.6 is 0 Å².